The van der Waals surface area contributed by atoms with E-state index in [-0.39, 0.29) is 5.69 Å². The second-order valence-corrected chi connectivity index (χ2v) is 7.29. The molecule has 0 bridgehead atoms. The number of pyridine rings is 1. The number of halogens is 2. The SMILES string of the molecule is NCCOc1cnc2ccc(-c3c(-c4cccc(C(F)F)n4)nn4c3CCC4)cc2n1. The smallest absolute Gasteiger partial charge is 0.280 e. The summed E-state index contributed by atoms with van der Waals surface area (Å²) < 4.78 is 33.9. The number of benzene rings is 1. The van der Waals surface area contributed by atoms with Crippen molar-refractivity contribution in [2.24, 2.45) is 5.73 Å². The van der Waals surface area contributed by atoms with Gasteiger partial charge in [0.1, 0.15) is 18.0 Å². The number of alkyl halides is 2. The number of aromatic nitrogens is 5. The maximum Gasteiger partial charge on any atom is 0.280 e. The second kappa shape index (κ2) is 7.99. The van der Waals surface area contributed by atoms with Crippen LogP contribution in [0.1, 0.15) is 24.2 Å². The Morgan fingerprint density at radius 1 is 1.13 bits per heavy atom. The van der Waals surface area contributed by atoms with Crippen molar-refractivity contribution in [3.8, 4) is 28.4 Å². The van der Waals surface area contributed by atoms with Crippen LogP contribution in [0.25, 0.3) is 33.5 Å². The fraction of sp³-hybridized carbons (Fsp3) is 0.273. The molecule has 2 N–H and O–H groups in total. The number of ether oxygens (including phenoxy) is 1. The zero-order valence-electron chi connectivity index (χ0n) is 16.6. The van der Waals surface area contributed by atoms with Gasteiger partial charge >= 0.3 is 0 Å². The van der Waals surface area contributed by atoms with Crippen molar-refractivity contribution in [1.29, 1.82) is 0 Å². The molecule has 4 aromatic rings. The van der Waals surface area contributed by atoms with E-state index in [9.17, 15) is 8.78 Å². The fourth-order valence-electron chi connectivity index (χ4n) is 3.90. The molecule has 158 valence electrons. The number of nitrogens with zero attached hydrogens (tertiary/aromatic N) is 5. The minimum Gasteiger partial charge on any atom is -0.475 e. The molecule has 0 saturated heterocycles. The molecule has 4 heterocycles. The van der Waals surface area contributed by atoms with Crippen LogP contribution in [-0.4, -0.2) is 37.9 Å². The molecule has 0 saturated carbocycles. The molecular formula is C22H20F2N6O. The van der Waals surface area contributed by atoms with Gasteiger partial charge in [-0.2, -0.15) is 5.10 Å². The Hall–Kier alpha value is -3.46. The average Bonchev–Trinajstić information content (AvgIpc) is 3.38. The molecule has 31 heavy (non-hydrogen) atoms. The van der Waals surface area contributed by atoms with Crippen molar-refractivity contribution in [2.75, 3.05) is 13.2 Å². The summed E-state index contributed by atoms with van der Waals surface area (Å²) in [6.45, 7) is 1.53. The molecule has 0 radical (unpaired) electrons. The van der Waals surface area contributed by atoms with Crippen LogP contribution in [0.2, 0.25) is 0 Å². The van der Waals surface area contributed by atoms with Crippen LogP contribution >= 0.6 is 0 Å². The molecule has 1 aliphatic rings. The Morgan fingerprint density at radius 3 is 2.87 bits per heavy atom. The predicted molar refractivity (Wildman–Crippen MR) is 112 cm³/mol. The lowest BCUT2D eigenvalue weighted by Gasteiger charge is -2.08. The van der Waals surface area contributed by atoms with E-state index < -0.39 is 6.43 Å². The average molecular weight is 422 g/mol. The number of hydrogen-bond donors (Lipinski definition) is 1. The van der Waals surface area contributed by atoms with Crippen molar-refractivity contribution >= 4 is 11.0 Å². The monoisotopic (exact) mass is 422 g/mol. The van der Waals surface area contributed by atoms with E-state index >= 15 is 0 Å². The molecule has 1 aliphatic heterocycles. The standard InChI is InChI=1S/C22H20F2N6O/c23-22(24)16-4-1-3-15(27-16)21-20(18-5-2-9-30(18)29-21)13-6-7-14-17(11-13)28-19(12-26-14)31-10-8-25/h1,3-4,6-7,11-12,22H,2,5,8-10,25H2. The van der Waals surface area contributed by atoms with Crippen LogP contribution in [-0.2, 0) is 13.0 Å². The van der Waals surface area contributed by atoms with Crippen LogP contribution in [0.4, 0.5) is 8.78 Å². The van der Waals surface area contributed by atoms with Gasteiger partial charge in [-0.3, -0.25) is 4.68 Å². The van der Waals surface area contributed by atoms with Gasteiger partial charge in [-0.15, -0.1) is 0 Å². The third-order valence-corrected chi connectivity index (χ3v) is 5.25. The van der Waals surface area contributed by atoms with E-state index in [1.807, 2.05) is 22.9 Å². The van der Waals surface area contributed by atoms with Crippen molar-refractivity contribution < 1.29 is 13.5 Å². The highest BCUT2D eigenvalue weighted by molar-refractivity contribution is 5.87. The Morgan fingerprint density at radius 2 is 2.03 bits per heavy atom. The summed E-state index contributed by atoms with van der Waals surface area (Å²) in [7, 11) is 0. The molecule has 7 nitrogen and oxygen atoms in total. The van der Waals surface area contributed by atoms with Gasteiger partial charge in [0, 0.05) is 24.3 Å². The van der Waals surface area contributed by atoms with E-state index in [2.05, 4.69) is 15.0 Å². The first kappa shape index (κ1) is 19.5. The minimum absolute atomic E-state index is 0.261. The quantitative estimate of drug-likeness (QED) is 0.509. The topological polar surface area (TPSA) is 91.7 Å². The normalized spacial score (nSPS) is 13.2. The van der Waals surface area contributed by atoms with Crippen LogP contribution in [0, 0.1) is 0 Å². The first-order valence-corrected chi connectivity index (χ1v) is 10.1. The summed E-state index contributed by atoms with van der Waals surface area (Å²) in [6, 6.07) is 10.4. The Labute approximate surface area is 176 Å². The molecule has 0 fully saturated rings. The summed E-state index contributed by atoms with van der Waals surface area (Å²) in [6.07, 6.45) is 0.784. The number of rotatable bonds is 6. The molecule has 3 aromatic heterocycles. The number of fused-ring (bicyclic) bond motifs is 2. The zero-order chi connectivity index (χ0) is 21.4. The van der Waals surface area contributed by atoms with Crippen molar-refractivity contribution in [1.82, 2.24) is 24.7 Å². The van der Waals surface area contributed by atoms with E-state index in [1.165, 1.54) is 6.07 Å². The van der Waals surface area contributed by atoms with Gasteiger partial charge in [0.05, 0.1) is 22.9 Å². The second-order valence-electron chi connectivity index (χ2n) is 7.29. The lowest BCUT2D eigenvalue weighted by molar-refractivity contribution is 0.146. The maximum atomic E-state index is 13.2. The third kappa shape index (κ3) is 3.61. The van der Waals surface area contributed by atoms with E-state index in [4.69, 9.17) is 15.6 Å². The molecule has 0 atom stereocenters. The number of aryl methyl sites for hydroxylation is 1. The van der Waals surface area contributed by atoms with Crippen molar-refractivity contribution in [3.63, 3.8) is 0 Å². The number of nitrogens with two attached hydrogens (primary N) is 1. The highest BCUT2D eigenvalue weighted by Gasteiger charge is 2.25. The van der Waals surface area contributed by atoms with Gasteiger partial charge in [-0.05, 0) is 42.7 Å². The van der Waals surface area contributed by atoms with Gasteiger partial charge < -0.3 is 10.5 Å². The molecule has 5 rings (SSSR count). The summed E-state index contributed by atoms with van der Waals surface area (Å²) in [4.78, 5) is 13.1. The van der Waals surface area contributed by atoms with Crippen molar-refractivity contribution in [3.05, 3.63) is 54.0 Å². The Balaban J connectivity index is 1.64. The summed E-state index contributed by atoms with van der Waals surface area (Å²) in [5.74, 6) is 0.404. The van der Waals surface area contributed by atoms with Crippen LogP contribution < -0.4 is 10.5 Å². The summed E-state index contributed by atoms with van der Waals surface area (Å²) in [5, 5.41) is 4.71. The minimum atomic E-state index is -2.64. The molecule has 0 spiro atoms. The maximum absolute atomic E-state index is 13.2. The lowest BCUT2D eigenvalue weighted by Crippen LogP contribution is -2.11. The van der Waals surface area contributed by atoms with E-state index in [0.29, 0.717) is 35.9 Å². The van der Waals surface area contributed by atoms with Gasteiger partial charge in [0.15, 0.2) is 0 Å². The van der Waals surface area contributed by atoms with Gasteiger partial charge in [-0.25, -0.2) is 23.7 Å². The van der Waals surface area contributed by atoms with Gasteiger partial charge in [0.2, 0.25) is 5.88 Å². The molecule has 0 amide bonds. The summed E-state index contributed by atoms with van der Waals surface area (Å²) in [5.41, 5.74) is 10.5. The highest BCUT2D eigenvalue weighted by Crippen LogP contribution is 2.38. The molecule has 1 aromatic carbocycles. The first-order valence-electron chi connectivity index (χ1n) is 10.1. The first-order chi connectivity index (χ1) is 15.1. The van der Waals surface area contributed by atoms with E-state index in [1.54, 1.807) is 18.3 Å². The molecular weight excluding hydrogens is 402 g/mol. The Bertz CT molecular complexity index is 1260. The molecule has 9 heteroatoms. The van der Waals surface area contributed by atoms with Crippen LogP contribution in [0.5, 0.6) is 5.88 Å². The molecule has 0 unspecified atom stereocenters. The number of hydrogen-bond acceptors (Lipinski definition) is 6. The fourth-order valence-corrected chi connectivity index (χ4v) is 3.90. The van der Waals surface area contributed by atoms with Gasteiger partial charge in [-0.1, -0.05) is 12.1 Å². The van der Waals surface area contributed by atoms with Gasteiger partial charge in [0.25, 0.3) is 6.43 Å². The van der Waals surface area contributed by atoms with Crippen LogP contribution in [0.15, 0.2) is 42.6 Å². The molecule has 0 aliphatic carbocycles. The predicted octanol–water partition coefficient (Wildman–Crippen LogP) is 3.78. The van der Waals surface area contributed by atoms with Crippen molar-refractivity contribution in [2.45, 2.75) is 25.8 Å². The Kier molecular flexibility index (Phi) is 5.03. The summed E-state index contributed by atoms with van der Waals surface area (Å²) >= 11 is 0. The third-order valence-electron chi connectivity index (χ3n) is 5.25. The lowest BCUT2D eigenvalue weighted by atomic mass is 9.99. The largest absolute Gasteiger partial charge is 0.475 e. The van der Waals surface area contributed by atoms with E-state index in [0.717, 1.165) is 41.7 Å². The van der Waals surface area contributed by atoms with Crippen LogP contribution in [0.3, 0.4) is 0 Å². The highest BCUT2D eigenvalue weighted by atomic mass is 19.3. The zero-order valence-corrected chi connectivity index (χ0v) is 16.6.